The fourth-order valence-corrected chi connectivity index (χ4v) is 3.57. The number of nitrogens with zero attached hydrogens (tertiary/aromatic N) is 1. The lowest BCUT2D eigenvalue weighted by atomic mass is 9.93. The number of hydrogen-bond acceptors (Lipinski definition) is 2. The lowest BCUT2D eigenvalue weighted by Gasteiger charge is -2.37. The molecule has 0 aliphatic carbocycles. The van der Waals surface area contributed by atoms with Crippen LogP contribution in [0.3, 0.4) is 0 Å². The van der Waals surface area contributed by atoms with E-state index in [-0.39, 0.29) is 0 Å². The highest BCUT2D eigenvalue weighted by molar-refractivity contribution is 6.35. The number of nitrogens with one attached hydrogen (secondary N) is 1. The van der Waals surface area contributed by atoms with Crippen LogP contribution >= 0.6 is 23.2 Å². The fourth-order valence-electron chi connectivity index (χ4n) is 3.07. The normalized spacial score (nSPS) is 23.4. The second kappa shape index (κ2) is 8.38. The molecule has 2 atom stereocenters. The molecule has 1 saturated heterocycles. The smallest absolute Gasteiger partial charge is 0.0453 e. The van der Waals surface area contributed by atoms with E-state index in [1.54, 1.807) is 0 Å². The molecule has 21 heavy (non-hydrogen) atoms. The Kier molecular flexibility index (Phi) is 6.81. The van der Waals surface area contributed by atoms with E-state index in [1.807, 2.05) is 18.2 Å². The number of benzene rings is 1. The summed E-state index contributed by atoms with van der Waals surface area (Å²) in [6.45, 7) is 9.14. The summed E-state index contributed by atoms with van der Waals surface area (Å²) in [5, 5.41) is 5.16. The van der Waals surface area contributed by atoms with E-state index >= 15 is 0 Å². The SMILES string of the molecule is CCCNC1CCN(CCc2ccc(Cl)cc2Cl)CC1C. The highest BCUT2D eigenvalue weighted by atomic mass is 35.5. The van der Waals surface area contributed by atoms with Crippen LogP contribution in [-0.2, 0) is 6.42 Å². The zero-order valence-electron chi connectivity index (χ0n) is 13.0. The average molecular weight is 329 g/mol. The van der Waals surface area contributed by atoms with Crippen LogP contribution in [0.5, 0.6) is 0 Å². The van der Waals surface area contributed by atoms with Gasteiger partial charge in [0, 0.05) is 29.2 Å². The molecule has 1 aromatic carbocycles. The van der Waals surface area contributed by atoms with Gasteiger partial charge in [-0.25, -0.2) is 0 Å². The maximum atomic E-state index is 6.24. The van der Waals surface area contributed by atoms with Crippen molar-refractivity contribution in [3.63, 3.8) is 0 Å². The van der Waals surface area contributed by atoms with Gasteiger partial charge in [0.25, 0.3) is 0 Å². The van der Waals surface area contributed by atoms with Crippen LogP contribution in [0.2, 0.25) is 10.0 Å². The van der Waals surface area contributed by atoms with Crippen LogP contribution in [0.1, 0.15) is 32.3 Å². The molecule has 1 heterocycles. The third-order valence-corrected chi connectivity index (χ3v) is 4.95. The third-order valence-electron chi connectivity index (χ3n) is 4.36. The van der Waals surface area contributed by atoms with Crippen LogP contribution in [0.4, 0.5) is 0 Å². The zero-order chi connectivity index (χ0) is 15.2. The molecule has 0 radical (unpaired) electrons. The summed E-state index contributed by atoms with van der Waals surface area (Å²) >= 11 is 12.2. The van der Waals surface area contributed by atoms with Crippen LogP contribution in [0, 0.1) is 5.92 Å². The first-order valence-electron chi connectivity index (χ1n) is 7.99. The van der Waals surface area contributed by atoms with E-state index in [9.17, 15) is 0 Å². The Bertz CT molecular complexity index is 450. The minimum absolute atomic E-state index is 0.681. The second-order valence-corrected chi connectivity index (χ2v) is 6.96. The maximum Gasteiger partial charge on any atom is 0.0453 e. The van der Waals surface area contributed by atoms with E-state index in [1.165, 1.54) is 31.5 Å². The molecule has 0 saturated carbocycles. The number of halogens is 2. The molecule has 0 bridgehead atoms. The van der Waals surface area contributed by atoms with Crippen molar-refractivity contribution in [2.24, 2.45) is 5.92 Å². The van der Waals surface area contributed by atoms with Gasteiger partial charge in [-0.1, -0.05) is 43.1 Å². The minimum Gasteiger partial charge on any atom is -0.314 e. The number of likely N-dealkylation sites (tertiary alicyclic amines) is 1. The molecular formula is C17H26Cl2N2. The minimum atomic E-state index is 0.681. The monoisotopic (exact) mass is 328 g/mol. The van der Waals surface area contributed by atoms with Crippen LogP contribution in [-0.4, -0.2) is 37.1 Å². The largest absolute Gasteiger partial charge is 0.314 e. The summed E-state index contributed by atoms with van der Waals surface area (Å²) in [6, 6.07) is 6.48. The van der Waals surface area contributed by atoms with E-state index in [0.29, 0.717) is 17.0 Å². The van der Waals surface area contributed by atoms with Gasteiger partial charge in [0.2, 0.25) is 0 Å². The summed E-state index contributed by atoms with van der Waals surface area (Å²) in [7, 11) is 0. The van der Waals surface area contributed by atoms with Crippen molar-refractivity contribution in [2.45, 2.75) is 39.2 Å². The van der Waals surface area contributed by atoms with Crippen molar-refractivity contribution in [3.8, 4) is 0 Å². The molecule has 2 unspecified atom stereocenters. The molecule has 1 N–H and O–H groups in total. The topological polar surface area (TPSA) is 15.3 Å². The van der Waals surface area contributed by atoms with Gasteiger partial charge in [-0.3, -0.25) is 0 Å². The zero-order valence-corrected chi connectivity index (χ0v) is 14.6. The average Bonchev–Trinajstić information content (AvgIpc) is 2.45. The quantitative estimate of drug-likeness (QED) is 0.839. The van der Waals surface area contributed by atoms with Crippen molar-refractivity contribution in [1.29, 1.82) is 0 Å². The van der Waals surface area contributed by atoms with Gasteiger partial charge < -0.3 is 10.2 Å². The molecule has 2 nitrogen and oxygen atoms in total. The molecule has 1 fully saturated rings. The van der Waals surface area contributed by atoms with Crippen LogP contribution in [0.15, 0.2) is 18.2 Å². The van der Waals surface area contributed by atoms with Crippen molar-refractivity contribution in [2.75, 3.05) is 26.2 Å². The van der Waals surface area contributed by atoms with E-state index in [2.05, 4.69) is 24.1 Å². The first-order valence-corrected chi connectivity index (χ1v) is 8.75. The molecule has 0 spiro atoms. The lowest BCUT2D eigenvalue weighted by molar-refractivity contribution is 0.149. The highest BCUT2D eigenvalue weighted by Crippen LogP contribution is 2.22. The Labute approximate surface area is 138 Å². The van der Waals surface area contributed by atoms with Gasteiger partial charge in [0.05, 0.1) is 0 Å². The summed E-state index contributed by atoms with van der Waals surface area (Å²) in [4.78, 5) is 2.56. The Balaban J connectivity index is 1.80. The standard InChI is InChI=1S/C17H26Cl2N2/c1-3-8-20-17-7-10-21(12-13(17)2)9-6-14-4-5-15(18)11-16(14)19/h4-5,11,13,17,20H,3,6-10,12H2,1-2H3. The Morgan fingerprint density at radius 1 is 1.33 bits per heavy atom. The predicted molar refractivity (Wildman–Crippen MR) is 92.5 cm³/mol. The number of hydrogen-bond donors (Lipinski definition) is 1. The third kappa shape index (κ3) is 5.14. The molecule has 2 rings (SSSR count). The van der Waals surface area contributed by atoms with Gasteiger partial charge >= 0.3 is 0 Å². The maximum absolute atomic E-state index is 6.24. The molecule has 1 aliphatic heterocycles. The molecule has 4 heteroatoms. The molecule has 0 aromatic heterocycles. The molecule has 0 amide bonds. The van der Waals surface area contributed by atoms with Crippen molar-refractivity contribution in [1.82, 2.24) is 10.2 Å². The summed E-state index contributed by atoms with van der Waals surface area (Å²) < 4.78 is 0. The van der Waals surface area contributed by atoms with Crippen LogP contribution in [0.25, 0.3) is 0 Å². The predicted octanol–water partition coefficient (Wildman–Crippen LogP) is 4.25. The summed E-state index contributed by atoms with van der Waals surface area (Å²) in [5.74, 6) is 0.714. The number of piperidine rings is 1. The van der Waals surface area contributed by atoms with Crippen molar-refractivity contribution < 1.29 is 0 Å². The summed E-state index contributed by atoms with van der Waals surface area (Å²) in [6.07, 6.45) is 3.45. The molecule has 1 aliphatic rings. The Hall–Kier alpha value is -0.280. The van der Waals surface area contributed by atoms with Crippen LogP contribution < -0.4 is 5.32 Å². The van der Waals surface area contributed by atoms with Gasteiger partial charge in [-0.2, -0.15) is 0 Å². The molecule has 118 valence electrons. The van der Waals surface area contributed by atoms with E-state index < -0.39 is 0 Å². The number of rotatable bonds is 6. The highest BCUT2D eigenvalue weighted by Gasteiger charge is 2.25. The lowest BCUT2D eigenvalue weighted by Crippen LogP contribution is -2.48. The summed E-state index contributed by atoms with van der Waals surface area (Å²) in [5.41, 5.74) is 1.19. The van der Waals surface area contributed by atoms with Gasteiger partial charge in [0.15, 0.2) is 0 Å². The van der Waals surface area contributed by atoms with Crippen molar-refractivity contribution in [3.05, 3.63) is 33.8 Å². The van der Waals surface area contributed by atoms with Gasteiger partial charge in [-0.15, -0.1) is 0 Å². The molecular weight excluding hydrogens is 303 g/mol. The molecule has 1 aromatic rings. The van der Waals surface area contributed by atoms with Gasteiger partial charge in [0.1, 0.15) is 0 Å². The van der Waals surface area contributed by atoms with E-state index in [0.717, 1.165) is 24.5 Å². The first-order chi connectivity index (χ1) is 10.1. The van der Waals surface area contributed by atoms with E-state index in [4.69, 9.17) is 23.2 Å². The first kappa shape index (κ1) is 17.1. The van der Waals surface area contributed by atoms with Gasteiger partial charge in [-0.05, 0) is 56.0 Å². The Morgan fingerprint density at radius 2 is 2.14 bits per heavy atom. The Morgan fingerprint density at radius 3 is 2.81 bits per heavy atom. The van der Waals surface area contributed by atoms with Crippen molar-refractivity contribution >= 4 is 23.2 Å². The fraction of sp³-hybridized carbons (Fsp3) is 0.647. The second-order valence-electron chi connectivity index (χ2n) is 6.11.